The topological polar surface area (TPSA) is 58.1 Å². The van der Waals surface area contributed by atoms with E-state index in [2.05, 4.69) is 25.9 Å². The Morgan fingerprint density at radius 2 is 2.05 bits per heavy atom. The first-order valence-electron chi connectivity index (χ1n) is 5.70. The van der Waals surface area contributed by atoms with Crippen molar-refractivity contribution in [3.8, 4) is 22.9 Å². The average Bonchev–Trinajstić information content (AvgIpc) is 2.80. The summed E-state index contributed by atoms with van der Waals surface area (Å²) in [6.07, 6.45) is 0. The highest BCUT2D eigenvalue weighted by molar-refractivity contribution is 9.10. The molecule has 2 N–H and O–H groups in total. The van der Waals surface area contributed by atoms with E-state index in [1.165, 1.54) is 0 Å². The lowest BCUT2D eigenvalue weighted by atomic mass is 10.2. The van der Waals surface area contributed by atoms with Gasteiger partial charge in [0.15, 0.2) is 0 Å². The third-order valence-electron chi connectivity index (χ3n) is 2.90. The van der Waals surface area contributed by atoms with Crippen LogP contribution in [-0.2, 0) is 0 Å². The minimum absolute atomic E-state index is 0.181. The molecule has 0 saturated carbocycles. The molecule has 0 spiro atoms. The summed E-state index contributed by atoms with van der Waals surface area (Å²) in [5.41, 5.74) is 2.37. The average molecular weight is 319 g/mol. The molecule has 0 aliphatic carbocycles. The summed E-state index contributed by atoms with van der Waals surface area (Å²) in [5, 5.41) is 9.96. The highest BCUT2D eigenvalue weighted by Crippen LogP contribution is 2.31. The molecule has 0 aliphatic heterocycles. The van der Waals surface area contributed by atoms with Crippen molar-refractivity contribution in [3.63, 3.8) is 0 Å². The second kappa shape index (κ2) is 4.59. The number of methoxy groups -OCH3 is 1. The highest BCUT2D eigenvalue weighted by atomic mass is 79.9. The van der Waals surface area contributed by atoms with Gasteiger partial charge in [-0.15, -0.1) is 0 Å². The molecule has 19 heavy (non-hydrogen) atoms. The van der Waals surface area contributed by atoms with Crippen molar-refractivity contribution >= 4 is 27.0 Å². The second-order valence-corrected chi connectivity index (χ2v) is 5.05. The number of imidazole rings is 1. The van der Waals surface area contributed by atoms with E-state index in [0.717, 1.165) is 21.3 Å². The Morgan fingerprint density at radius 1 is 1.21 bits per heavy atom. The number of nitrogens with one attached hydrogen (secondary N) is 1. The van der Waals surface area contributed by atoms with Gasteiger partial charge in [0, 0.05) is 10.5 Å². The lowest BCUT2D eigenvalue weighted by molar-refractivity contribution is 0.415. The highest BCUT2D eigenvalue weighted by Gasteiger charge is 2.10. The maximum Gasteiger partial charge on any atom is 0.142 e. The molecular formula is C14H11BrN2O2. The number of nitrogens with zero attached hydrogens (tertiary/aromatic N) is 1. The Labute approximate surface area is 118 Å². The molecule has 3 rings (SSSR count). The van der Waals surface area contributed by atoms with Crippen LogP contribution in [0, 0.1) is 0 Å². The number of rotatable bonds is 2. The molecule has 1 aromatic heterocycles. The maximum absolute atomic E-state index is 9.96. The molecule has 0 fully saturated rings. The SMILES string of the molecule is COc1ccc2nc(-c3ccc(Br)cc3O)[nH]c2c1. The summed E-state index contributed by atoms with van der Waals surface area (Å²) in [6.45, 7) is 0. The lowest BCUT2D eigenvalue weighted by Gasteiger charge is -2.01. The van der Waals surface area contributed by atoms with Crippen LogP contribution in [0.1, 0.15) is 0 Å². The Bertz CT molecular complexity index is 752. The van der Waals surface area contributed by atoms with E-state index in [1.54, 1.807) is 13.2 Å². The zero-order valence-electron chi connectivity index (χ0n) is 10.1. The zero-order valence-corrected chi connectivity index (χ0v) is 11.7. The van der Waals surface area contributed by atoms with Gasteiger partial charge < -0.3 is 14.8 Å². The van der Waals surface area contributed by atoms with E-state index in [-0.39, 0.29) is 5.75 Å². The molecule has 5 heteroatoms. The number of hydrogen-bond acceptors (Lipinski definition) is 3. The summed E-state index contributed by atoms with van der Waals surface area (Å²) < 4.78 is 6.00. The van der Waals surface area contributed by atoms with E-state index in [4.69, 9.17) is 4.74 Å². The van der Waals surface area contributed by atoms with Gasteiger partial charge in [-0.3, -0.25) is 0 Å². The van der Waals surface area contributed by atoms with Gasteiger partial charge in [-0.25, -0.2) is 4.98 Å². The number of aromatic hydroxyl groups is 1. The summed E-state index contributed by atoms with van der Waals surface area (Å²) in [5.74, 6) is 1.58. The molecule has 0 radical (unpaired) electrons. The Balaban J connectivity index is 2.14. The van der Waals surface area contributed by atoms with Crippen molar-refractivity contribution in [3.05, 3.63) is 40.9 Å². The maximum atomic E-state index is 9.96. The quantitative estimate of drug-likeness (QED) is 0.757. The summed E-state index contributed by atoms with van der Waals surface area (Å²) in [4.78, 5) is 7.64. The zero-order chi connectivity index (χ0) is 13.4. The standard InChI is InChI=1S/C14H11BrN2O2/c1-19-9-3-5-11-12(7-9)17-14(16-11)10-4-2-8(15)6-13(10)18/h2-7,18H,1H3,(H,16,17). The Hall–Kier alpha value is -2.01. The largest absolute Gasteiger partial charge is 0.507 e. The predicted octanol–water partition coefficient (Wildman–Crippen LogP) is 3.71. The van der Waals surface area contributed by atoms with Crippen LogP contribution in [0.2, 0.25) is 0 Å². The molecule has 3 aromatic rings. The molecule has 96 valence electrons. The van der Waals surface area contributed by atoms with E-state index in [9.17, 15) is 5.11 Å². The Kier molecular flexibility index (Phi) is 2.91. The second-order valence-electron chi connectivity index (χ2n) is 4.13. The minimum atomic E-state index is 0.181. The number of H-pyrrole nitrogens is 1. The first-order chi connectivity index (χ1) is 9.17. The molecule has 0 unspecified atom stereocenters. The molecule has 2 aromatic carbocycles. The molecule has 0 bridgehead atoms. The number of hydrogen-bond donors (Lipinski definition) is 2. The molecule has 4 nitrogen and oxygen atoms in total. The van der Waals surface area contributed by atoms with Crippen molar-refractivity contribution in [1.82, 2.24) is 9.97 Å². The van der Waals surface area contributed by atoms with Gasteiger partial charge in [0.1, 0.15) is 17.3 Å². The van der Waals surface area contributed by atoms with Crippen molar-refractivity contribution in [2.24, 2.45) is 0 Å². The van der Waals surface area contributed by atoms with Crippen molar-refractivity contribution in [1.29, 1.82) is 0 Å². The monoisotopic (exact) mass is 318 g/mol. The molecule has 1 heterocycles. The van der Waals surface area contributed by atoms with Crippen LogP contribution < -0.4 is 4.74 Å². The lowest BCUT2D eigenvalue weighted by Crippen LogP contribution is -1.81. The van der Waals surface area contributed by atoms with E-state index in [1.807, 2.05) is 30.3 Å². The summed E-state index contributed by atoms with van der Waals surface area (Å²) in [6, 6.07) is 10.9. The molecular weight excluding hydrogens is 308 g/mol. The van der Waals surface area contributed by atoms with Gasteiger partial charge in [0.25, 0.3) is 0 Å². The number of phenols is 1. The fourth-order valence-corrected chi connectivity index (χ4v) is 2.30. The molecule has 0 aliphatic rings. The van der Waals surface area contributed by atoms with Gasteiger partial charge in [-0.2, -0.15) is 0 Å². The third kappa shape index (κ3) is 2.17. The predicted molar refractivity (Wildman–Crippen MR) is 77.4 cm³/mol. The summed E-state index contributed by atoms with van der Waals surface area (Å²) in [7, 11) is 1.62. The number of aromatic amines is 1. The van der Waals surface area contributed by atoms with E-state index >= 15 is 0 Å². The first-order valence-corrected chi connectivity index (χ1v) is 6.49. The van der Waals surface area contributed by atoms with Crippen LogP contribution in [-0.4, -0.2) is 22.2 Å². The van der Waals surface area contributed by atoms with Crippen molar-refractivity contribution in [2.45, 2.75) is 0 Å². The van der Waals surface area contributed by atoms with Crippen LogP contribution >= 0.6 is 15.9 Å². The van der Waals surface area contributed by atoms with Crippen molar-refractivity contribution in [2.75, 3.05) is 7.11 Å². The third-order valence-corrected chi connectivity index (χ3v) is 3.40. The normalized spacial score (nSPS) is 10.8. The smallest absolute Gasteiger partial charge is 0.142 e. The van der Waals surface area contributed by atoms with Gasteiger partial charge in [0.05, 0.1) is 23.7 Å². The van der Waals surface area contributed by atoms with Gasteiger partial charge in [0.2, 0.25) is 0 Å². The van der Waals surface area contributed by atoms with Gasteiger partial charge in [-0.1, -0.05) is 15.9 Å². The number of halogens is 1. The number of ether oxygens (including phenoxy) is 1. The minimum Gasteiger partial charge on any atom is -0.507 e. The number of fused-ring (bicyclic) bond motifs is 1. The molecule has 0 atom stereocenters. The van der Waals surface area contributed by atoms with E-state index < -0.39 is 0 Å². The fraction of sp³-hybridized carbons (Fsp3) is 0.0714. The van der Waals surface area contributed by atoms with Crippen LogP contribution in [0.3, 0.4) is 0 Å². The molecule has 0 amide bonds. The van der Waals surface area contributed by atoms with Crippen LogP contribution in [0.5, 0.6) is 11.5 Å². The summed E-state index contributed by atoms with van der Waals surface area (Å²) >= 11 is 3.32. The van der Waals surface area contributed by atoms with Crippen LogP contribution in [0.25, 0.3) is 22.4 Å². The van der Waals surface area contributed by atoms with Crippen molar-refractivity contribution < 1.29 is 9.84 Å². The van der Waals surface area contributed by atoms with Crippen LogP contribution in [0.4, 0.5) is 0 Å². The Morgan fingerprint density at radius 3 is 2.79 bits per heavy atom. The molecule has 0 saturated heterocycles. The van der Waals surface area contributed by atoms with E-state index in [0.29, 0.717) is 11.4 Å². The van der Waals surface area contributed by atoms with Gasteiger partial charge in [-0.05, 0) is 30.3 Å². The van der Waals surface area contributed by atoms with Crippen LogP contribution in [0.15, 0.2) is 40.9 Å². The van der Waals surface area contributed by atoms with Gasteiger partial charge >= 0.3 is 0 Å². The number of benzene rings is 2. The fourth-order valence-electron chi connectivity index (χ4n) is 1.95. The first kappa shape index (κ1) is 12.0. The number of aromatic nitrogens is 2. The number of phenolic OH excluding ortho intramolecular Hbond substituents is 1.